The second-order valence-electron chi connectivity index (χ2n) is 4.88. The van der Waals surface area contributed by atoms with Crippen molar-refractivity contribution in [3.63, 3.8) is 0 Å². The number of benzene rings is 2. The molecule has 21 heavy (non-hydrogen) atoms. The standard InChI is InChI=1S/C17H13Cl2NO/c18-13-7-5-12(14(19)10-13)9-17(21)16-8-6-11-3-1-2-4-15(11)20-16/h1-8,10,17,21H,9H2. The molecule has 0 bridgehead atoms. The number of para-hydroxylation sites is 1. The van der Waals surface area contributed by atoms with Crippen LogP contribution in [0.1, 0.15) is 17.4 Å². The molecule has 3 aromatic rings. The van der Waals surface area contributed by atoms with Crippen LogP contribution >= 0.6 is 23.2 Å². The second kappa shape index (κ2) is 6.02. The predicted molar refractivity (Wildman–Crippen MR) is 86.9 cm³/mol. The normalized spacial score (nSPS) is 12.5. The first-order valence-electron chi connectivity index (χ1n) is 6.61. The Morgan fingerprint density at radius 3 is 2.62 bits per heavy atom. The predicted octanol–water partition coefficient (Wildman–Crippen LogP) is 4.82. The Hall–Kier alpha value is -1.61. The molecule has 0 saturated carbocycles. The van der Waals surface area contributed by atoms with E-state index in [1.807, 2.05) is 42.5 Å². The molecule has 4 heteroatoms. The molecule has 3 rings (SSSR count). The molecule has 1 unspecified atom stereocenters. The molecule has 0 spiro atoms. The Balaban J connectivity index is 1.87. The molecule has 0 fully saturated rings. The first-order chi connectivity index (χ1) is 10.1. The zero-order valence-electron chi connectivity index (χ0n) is 11.1. The van der Waals surface area contributed by atoms with Crippen molar-refractivity contribution in [1.82, 2.24) is 4.98 Å². The number of aromatic nitrogens is 1. The smallest absolute Gasteiger partial charge is 0.100 e. The molecule has 0 amide bonds. The van der Waals surface area contributed by atoms with E-state index in [0.29, 0.717) is 22.2 Å². The molecule has 1 heterocycles. The third-order valence-electron chi connectivity index (χ3n) is 3.39. The largest absolute Gasteiger partial charge is 0.386 e. The van der Waals surface area contributed by atoms with Crippen molar-refractivity contribution in [2.75, 3.05) is 0 Å². The minimum atomic E-state index is -0.701. The van der Waals surface area contributed by atoms with Gasteiger partial charge >= 0.3 is 0 Å². The van der Waals surface area contributed by atoms with E-state index in [9.17, 15) is 5.11 Å². The number of nitrogens with zero attached hydrogens (tertiary/aromatic N) is 1. The summed E-state index contributed by atoms with van der Waals surface area (Å²) in [5.41, 5.74) is 2.36. The van der Waals surface area contributed by atoms with E-state index in [4.69, 9.17) is 23.2 Å². The summed E-state index contributed by atoms with van der Waals surface area (Å²) >= 11 is 12.0. The quantitative estimate of drug-likeness (QED) is 0.751. The fraction of sp³-hybridized carbons (Fsp3) is 0.118. The molecule has 1 aromatic heterocycles. The van der Waals surface area contributed by atoms with Crippen LogP contribution in [0.5, 0.6) is 0 Å². The van der Waals surface area contributed by atoms with Gasteiger partial charge in [-0.15, -0.1) is 0 Å². The summed E-state index contributed by atoms with van der Waals surface area (Å²) in [6, 6.07) is 16.9. The number of pyridine rings is 1. The second-order valence-corrected chi connectivity index (χ2v) is 5.73. The summed E-state index contributed by atoms with van der Waals surface area (Å²) in [4.78, 5) is 4.50. The van der Waals surface area contributed by atoms with Crippen molar-refractivity contribution >= 4 is 34.1 Å². The van der Waals surface area contributed by atoms with Gasteiger partial charge in [0.15, 0.2) is 0 Å². The monoisotopic (exact) mass is 317 g/mol. The molecule has 0 radical (unpaired) electrons. The lowest BCUT2D eigenvalue weighted by molar-refractivity contribution is 0.174. The SMILES string of the molecule is OC(Cc1ccc(Cl)cc1Cl)c1ccc2ccccc2n1. The molecule has 0 aliphatic heterocycles. The van der Waals surface area contributed by atoms with Crippen molar-refractivity contribution in [1.29, 1.82) is 0 Å². The van der Waals surface area contributed by atoms with E-state index in [1.54, 1.807) is 12.1 Å². The molecule has 1 N–H and O–H groups in total. The minimum absolute atomic E-state index is 0.404. The topological polar surface area (TPSA) is 33.1 Å². The van der Waals surface area contributed by atoms with Gasteiger partial charge in [-0.05, 0) is 29.8 Å². The van der Waals surface area contributed by atoms with E-state index in [-0.39, 0.29) is 0 Å². The number of halogens is 2. The van der Waals surface area contributed by atoms with Crippen molar-refractivity contribution in [3.05, 3.63) is 75.9 Å². The maximum atomic E-state index is 10.4. The Bertz CT molecular complexity index is 789. The van der Waals surface area contributed by atoms with E-state index in [2.05, 4.69) is 4.98 Å². The first kappa shape index (κ1) is 14.3. The van der Waals surface area contributed by atoms with Gasteiger partial charge in [0.05, 0.1) is 11.2 Å². The van der Waals surface area contributed by atoms with Gasteiger partial charge in [-0.1, -0.05) is 53.5 Å². The Labute approximate surface area is 133 Å². The van der Waals surface area contributed by atoms with Crippen molar-refractivity contribution in [3.8, 4) is 0 Å². The molecule has 106 valence electrons. The minimum Gasteiger partial charge on any atom is -0.386 e. The lowest BCUT2D eigenvalue weighted by Gasteiger charge is -2.12. The third kappa shape index (κ3) is 3.18. The molecule has 2 aromatic carbocycles. The molecule has 0 saturated heterocycles. The Kier molecular flexibility index (Phi) is 4.11. The van der Waals surface area contributed by atoms with E-state index in [0.717, 1.165) is 16.5 Å². The number of rotatable bonds is 3. The van der Waals surface area contributed by atoms with Gasteiger partial charge < -0.3 is 5.11 Å². The van der Waals surface area contributed by atoms with Crippen molar-refractivity contribution in [2.45, 2.75) is 12.5 Å². The maximum absolute atomic E-state index is 10.4. The number of hydrogen-bond donors (Lipinski definition) is 1. The van der Waals surface area contributed by atoms with Crippen LogP contribution in [0.15, 0.2) is 54.6 Å². The van der Waals surface area contributed by atoms with E-state index >= 15 is 0 Å². The summed E-state index contributed by atoms with van der Waals surface area (Å²) in [5.74, 6) is 0. The summed E-state index contributed by atoms with van der Waals surface area (Å²) in [6.07, 6.45) is -0.297. The zero-order valence-corrected chi connectivity index (χ0v) is 12.6. The molecular formula is C17H13Cl2NO. The van der Waals surface area contributed by atoms with Crippen LogP contribution in [0.4, 0.5) is 0 Å². The van der Waals surface area contributed by atoms with Crippen LogP contribution in [0.25, 0.3) is 10.9 Å². The molecular weight excluding hydrogens is 305 g/mol. The highest BCUT2D eigenvalue weighted by atomic mass is 35.5. The van der Waals surface area contributed by atoms with Crippen molar-refractivity contribution < 1.29 is 5.11 Å². The van der Waals surface area contributed by atoms with Crippen LogP contribution in [0.2, 0.25) is 10.0 Å². The van der Waals surface area contributed by atoms with Gasteiger partial charge in [0.25, 0.3) is 0 Å². The average molecular weight is 318 g/mol. The highest BCUT2D eigenvalue weighted by Crippen LogP contribution is 2.26. The van der Waals surface area contributed by atoms with Crippen LogP contribution in [0.3, 0.4) is 0 Å². The van der Waals surface area contributed by atoms with E-state index in [1.165, 1.54) is 0 Å². The maximum Gasteiger partial charge on any atom is 0.100 e. The van der Waals surface area contributed by atoms with Crippen LogP contribution in [-0.2, 0) is 6.42 Å². The lowest BCUT2D eigenvalue weighted by Crippen LogP contribution is -2.04. The summed E-state index contributed by atoms with van der Waals surface area (Å²) in [5, 5.41) is 12.6. The summed E-state index contributed by atoms with van der Waals surface area (Å²) < 4.78 is 0. The highest BCUT2D eigenvalue weighted by Gasteiger charge is 2.13. The van der Waals surface area contributed by atoms with Crippen molar-refractivity contribution in [2.24, 2.45) is 0 Å². The third-order valence-corrected chi connectivity index (χ3v) is 3.98. The van der Waals surface area contributed by atoms with Crippen LogP contribution in [0, 0.1) is 0 Å². The van der Waals surface area contributed by atoms with Gasteiger partial charge in [0.1, 0.15) is 6.10 Å². The summed E-state index contributed by atoms with van der Waals surface area (Å²) in [7, 11) is 0. The van der Waals surface area contributed by atoms with Crippen LogP contribution < -0.4 is 0 Å². The fourth-order valence-corrected chi connectivity index (χ4v) is 2.75. The van der Waals surface area contributed by atoms with Gasteiger partial charge in [0, 0.05) is 21.9 Å². The fourth-order valence-electron chi connectivity index (χ4n) is 2.27. The lowest BCUT2D eigenvalue weighted by atomic mass is 10.0. The molecule has 0 aliphatic carbocycles. The van der Waals surface area contributed by atoms with Crippen LogP contribution in [-0.4, -0.2) is 10.1 Å². The highest BCUT2D eigenvalue weighted by molar-refractivity contribution is 6.35. The Morgan fingerprint density at radius 1 is 1.00 bits per heavy atom. The molecule has 0 aliphatic rings. The van der Waals surface area contributed by atoms with Gasteiger partial charge in [0.2, 0.25) is 0 Å². The molecule has 2 nitrogen and oxygen atoms in total. The van der Waals surface area contributed by atoms with Gasteiger partial charge in [-0.2, -0.15) is 0 Å². The van der Waals surface area contributed by atoms with E-state index < -0.39 is 6.10 Å². The number of aliphatic hydroxyl groups is 1. The van der Waals surface area contributed by atoms with Gasteiger partial charge in [-0.25, -0.2) is 0 Å². The Morgan fingerprint density at radius 2 is 1.81 bits per heavy atom. The molecule has 1 atom stereocenters. The van der Waals surface area contributed by atoms with Gasteiger partial charge in [-0.3, -0.25) is 4.98 Å². The zero-order chi connectivity index (χ0) is 14.8. The summed E-state index contributed by atoms with van der Waals surface area (Å²) in [6.45, 7) is 0. The number of aliphatic hydroxyl groups excluding tert-OH is 1. The first-order valence-corrected chi connectivity index (χ1v) is 7.37. The average Bonchev–Trinajstić information content (AvgIpc) is 2.49. The number of fused-ring (bicyclic) bond motifs is 1. The number of hydrogen-bond acceptors (Lipinski definition) is 2.